The van der Waals surface area contributed by atoms with E-state index in [9.17, 15) is 0 Å². The molecule has 17 heavy (non-hydrogen) atoms. The second-order valence-corrected chi connectivity index (χ2v) is 5.88. The Labute approximate surface area is 108 Å². The van der Waals surface area contributed by atoms with E-state index >= 15 is 0 Å². The third-order valence-electron chi connectivity index (χ3n) is 3.79. The van der Waals surface area contributed by atoms with Crippen molar-refractivity contribution < 1.29 is 0 Å². The van der Waals surface area contributed by atoms with Crippen LogP contribution in [0.15, 0.2) is 6.33 Å². The molecule has 1 aromatic heterocycles. The number of aromatic nitrogens is 3. The Balaban J connectivity index is 1.88. The van der Waals surface area contributed by atoms with Gasteiger partial charge in [-0.3, -0.25) is 0 Å². The van der Waals surface area contributed by atoms with E-state index in [4.69, 9.17) is 11.6 Å². The summed E-state index contributed by atoms with van der Waals surface area (Å²) in [5.41, 5.74) is 0.178. The molecule has 0 bridgehead atoms. The number of hydrogen-bond acceptors (Lipinski definition) is 3. The SMILES string of the molecule is CCCn1ncnc1CNC1CC(Cl)C1(C)C. The summed E-state index contributed by atoms with van der Waals surface area (Å²) >= 11 is 6.20. The van der Waals surface area contributed by atoms with E-state index in [0.29, 0.717) is 6.04 Å². The van der Waals surface area contributed by atoms with Crippen molar-refractivity contribution in [2.45, 2.75) is 58.1 Å². The van der Waals surface area contributed by atoms with Crippen molar-refractivity contribution in [3.63, 3.8) is 0 Å². The fraction of sp³-hybridized carbons (Fsp3) is 0.833. The normalized spacial score (nSPS) is 26.8. The number of hydrogen-bond donors (Lipinski definition) is 1. The molecule has 0 saturated heterocycles. The highest BCUT2D eigenvalue weighted by atomic mass is 35.5. The smallest absolute Gasteiger partial charge is 0.140 e. The number of halogens is 1. The fourth-order valence-corrected chi connectivity index (χ4v) is 2.59. The van der Waals surface area contributed by atoms with Gasteiger partial charge in [0.05, 0.1) is 6.54 Å². The molecule has 1 heterocycles. The number of nitrogens with zero attached hydrogens (tertiary/aromatic N) is 3. The molecule has 2 rings (SSSR count). The van der Waals surface area contributed by atoms with Gasteiger partial charge in [0.25, 0.3) is 0 Å². The van der Waals surface area contributed by atoms with Gasteiger partial charge in [-0.05, 0) is 18.3 Å². The van der Waals surface area contributed by atoms with Crippen LogP contribution in [0.25, 0.3) is 0 Å². The zero-order chi connectivity index (χ0) is 12.5. The van der Waals surface area contributed by atoms with Gasteiger partial charge < -0.3 is 5.32 Å². The van der Waals surface area contributed by atoms with Gasteiger partial charge >= 0.3 is 0 Å². The van der Waals surface area contributed by atoms with Gasteiger partial charge in [-0.25, -0.2) is 9.67 Å². The van der Waals surface area contributed by atoms with E-state index in [1.165, 1.54) is 0 Å². The van der Waals surface area contributed by atoms with Gasteiger partial charge in [0.1, 0.15) is 12.2 Å². The summed E-state index contributed by atoms with van der Waals surface area (Å²) < 4.78 is 1.97. The second-order valence-electron chi connectivity index (χ2n) is 5.36. The third kappa shape index (κ3) is 2.47. The minimum atomic E-state index is 0.178. The lowest BCUT2D eigenvalue weighted by Crippen LogP contribution is -2.57. The van der Waals surface area contributed by atoms with E-state index < -0.39 is 0 Å². The van der Waals surface area contributed by atoms with E-state index in [0.717, 1.165) is 31.8 Å². The molecule has 4 nitrogen and oxygen atoms in total. The quantitative estimate of drug-likeness (QED) is 0.822. The summed E-state index contributed by atoms with van der Waals surface area (Å²) in [5.74, 6) is 1.01. The van der Waals surface area contributed by atoms with Gasteiger partial charge in [0, 0.05) is 18.0 Å². The molecule has 1 N–H and O–H groups in total. The highest BCUT2D eigenvalue weighted by molar-refractivity contribution is 6.21. The van der Waals surface area contributed by atoms with E-state index in [1.807, 2.05) is 4.68 Å². The van der Waals surface area contributed by atoms with Crippen molar-refractivity contribution in [2.75, 3.05) is 0 Å². The highest BCUT2D eigenvalue weighted by Crippen LogP contribution is 2.44. The van der Waals surface area contributed by atoms with Crippen LogP contribution in [0.2, 0.25) is 0 Å². The van der Waals surface area contributed by atoms with Crippen LogP contribution < -0.4 is 5.32 Å². The van der Waals surface area contributed by atoms with Crippen molar-refractivity contribution in [2.24, 2.45) is 5.41 Å². The molecule has 5 heteroatoms. The van der Waals surface area contributed by atoms with Crippen LogP contribution in [0.5, 0.6) is 0 Å². The number of alkyl halides is 1. The molecular formula is C12H21ClN4. The molecule has 1 saturated carbocycles. The van der Waals surface area contributed by atoms with Crippen molar-refractivity contribution in [3.8, 4) is 0 Å². The fourth-order valence-electron chi connectivity index (χ4n) is 2.26. The summed E-state index contributed by atoms with van der Waals surface area (Å²) in [4.78, 5) is 4.29. The number of rotatable bonds is 5. The average molecular weight is 257 g/mol. The molecular weight excluding hydrogens is 236 g/mol. The number of aryl methyl sites for hydroxylation is 1. The highest BCUT2D eigenvalue weighted by Gasteiger charge is 2.46. The molecule has 0 spiro atoms. The molecule has 0 aliphatic heterocycles. The first-order chi connectivity index (χ1) is 8.05. The summed E-state index contributed by atoms with van der Waals surface area (Å²) in [7, 11) is 0. The maximum atomic E-state index is 6.20. The molecule has 96 valence electrons. The first kappa shape index (κ1) is 12.8. The standard InChI is InChI=1S/C12H21ClN4/c1-4-5-17-11(15-8-16-17)7-14-10-6-9(13)12(10,2)3/h8-10,14H,4-7H2,1-3H3. The monoisotopic (exact) mass is 256 g/mol. The molecule has 1 aromatic rings. The minimum absolute atomic E-state index is 0.178. The summed E-state index contributed by atoms with van der Waals surface area (Å²) in [6, 6.07) is 0.483. The topological polar surface area (TPSA) is 42.7 Å². The Morgan fingerprint density at radius 3 is 2.94 bits per heavy atom. The maximum absolute atomic E-state index is 6.20. The lowest BCUT2D eigenvalue weighted by atomic mass is 9.67. The molecule has 0 amide bonds. The molecule has 1 fully saturated rings. The van der Waals surface area contributed by atoms with Crippen LogP contribution in [0.1, 0.15) is 39.4 Å². The van der Waals surface area contributed by atoms with Crippen molar-refractivity contribution in [1.82, 2.24) is 20.1 Å². The minimum Gasteiger partial charge on any atom is -0.306 e. The molecule has 2 unspecified atom stereocenters. The zero-order valence-corrected chi connectivity index (χ0v) is 11.5. The Morgan fingerprint density at radius 1 is 1.59 bits per heavy atom. The molecule has 2 atom stereocenters. The van der Waals surface area contributed by atoms with Crippen LogP contribution in [0, 0.1) is 5.41 Å². The van der Waals surface area contributed by atoms with Crippen LogP contribution in [-0.4, -0.2) is 26.2 Å². The molecule has 0 aromatic carbocycles. The first-order valence-electron chi connectivity index (χ1n) is 6.29. The van der Waals surface area contributed by atoms with E-state index in [2.05, 4.69) is 36.2 Å². The van der Waals surface area contributed by atoms with Gasteiger partial charge in [-0.1, -0.05) is 20.8 Å². The van der Waals surface area contributed by atoms with Gasteiger partial charge in [0.2, 0.25) is 0 Å². The van der Waals surface area contributed by atoms with Crippen LogP contribution in [0.3, 0.4) is 0 Å². The lowest BCUT2D eigenvalue weighted by Gasteiger charge is -2.49. The summed E-state index contributed by atoms with van der Waals surface area (Å²) in [6.07, 6.45) is 3.74. The largest absolute Gasteiger partial charge is 0.306 e. The first-order valence-corrected chi connectivity index (χ1v) is 6.73. The molecule has 0 radical (unpaired) electrons. The average Bonchev–Trinajstić information content (AvgIpc) is 2.72. The lowest BCUT2D eigenvalue weighted by molar-refractivity contribution is 0.114. The predicted molar refractivity (Wildman–Crippen MR) is 69.0 cm³/mol. The van der Waals surface area contributed by atoms with Gasteiger partial charge in [-0.2, -0.15) is 5.10 Å². The summed E-state index contributed by atoms with van der Waals surface area (Å²) in [6.45, 7) is 8.28. The Hall–Kier alpha value is -0.610. The maximum Gasteiger partial charge on any atom is 0.140 e. The van der Waals surface area contributed by atoms with E-state index in [-0.39, 0.29) is 10.8 Å². The van der Waals surface area contributed by atoms with Gasteiger partial charge in [0.15, 0.2) is 0 Å². The van der Waals surface area contributed by atoms with Crippen molar-refractivity contribution >= 4 is 11.6 Å². The van der Waals surface area contributed by atoms with Gasteiger partial charge in [-0.15, -0.1) is 11.6 Å². The van der Waals surface area contributed by atoms with Crippen molar-refractivity contribution in [1.29, 1.82) is 0 Å². The van der Waals surface area contributed by atoms with Crippen LogP contribution in [0.4, 0.5) is 0 Å². The number of nitrogens with one attached hydrogen (secondary N) is 1. The zero-order valence-electron chi connectivity index (χ0n) is 10.8. The Morgan fingerprint density at radius 2 is 2.35 bits per heavy atom. The van der Waals surface area contributed by atoms with Crippen molar-refractivity contribution in [3.05, 3.63) is 12.2 Å². The third-order valence-corrected chi connectivity index (χ3v) is 4.53. The Bertz CT molecular complexity index is 374. The van der Waals surface area contributed by atoms with Crippen LogP contribution in [-0.2, 0) is 13.1 Å². The Kier molecular flexibility index (Phi) is 3.73. The second kappa shape index (κ2) is 4.94. The summed E-state index contributed by atoms with van der Waals surface area (Å²) in [5, 5.41) is 8.04. The van der Waals surface area contributed by atoms with Crippen LogP contribution >= 0.6 is 11.6 Å². The predicted octanol–water partition coefficient (Wildman–Crippen LogP) is 2.18. The molecule has 1 aliphatic rings. The van der Waals surface area contributed by atoms with E-state index in [1.54, 1.807) is 6.33 Å². The molecule has 1 aliphatic carbocycles.